The van der Waals surface area contributed by atoms with E-state index in [0.717, 1.165) is 5.56 Å². The smallest absolute Gasteiger partial charge is 0.194 e. The Morgan fingerprint density at radius 1 is 1.00 bits per heavy atom. The Labute approximate surface area is 110 Å². The molecule has 1 saturated heterocycles. The summed E-state index contributed by atoms with van der Waals surface area (Å²) in [6, 6.07) is 16.6. The van der Waals surface area contributed by atoms with Gasteiger partial charge in [-0.1, -0.05) is 60.1 Å². The lowest BCUT2D eigenvalue weighted by Gasteiger charge is -1.99. The van der Waals surface area contributed by atoms with Gasteiger partial charge in [0.1, 0.15) is 6.10 Å². The van der Waals surface area contributed by atoms with Crippen molar-refractivity contribution in [3.63, 3.8) is 0 Å². The quantitative estimate of drug-likeness (QED) is 0.621. The fraction of sp³-hybridized carbons (Fsp3) is 0.133. The number of halogens is 1. The molecule has 2 aromatic rings. The summed E-state index contributed by atoms with van der Waals surface area (Å²) >= 11 is 6.08. The summed E-state index contributed by atoms with van der Waals surface area (Å²) in [5.74, 6) is 0.0144. The molecule has 2 aromatic carbocycles. The van der Waals surface area contributed by atoms with Crippen LogP contribution in [-0.4, -0.2) is 11.9 Å². The molecule has 0 spiro atoms. The molecule has 0 amide bonds. The van der Waals surface area contributed by atoms with Gasteiger partial charge in [-0.15, -0.1) is 0 Å². The number of epoxide rings is 1. The number of rotatable bonds is 3. The van der Waals surface area contributed by atoms with Crippen LogP contribution in [0.25, 0.3) is 0 Å². The first-order chi connectivity index (χ1) is 8.77. The maximum atomic E-state index is 12.1. The number of carbonyl (C=O) groups is 1. The number of benzene rings is 2. The van der Waals surface area contributed by atoms with E-state index in [9.17, 15) is 4.79 Å². The second-order valence-electron chi connectivity index (χ2n) is 4.23. The van der Waals surface area contributed by atoms with Crippen molar-refractivity contribution in [2.24, 2.45) is 0 Å². The van der Waals surface area contributed by atoms with Crippen molar-refractivity contribution in [2.75, 3.05) is 0 Å². The van der Waals surface area contributed by atoms with Gasteiger partial charge in [-0.2, -0.15) is 0 Å². The highest BCUT2D eigenvalue weighted by Gasteiger charge is 2.46. The van der Waals surface area contributed by atoms with Gasteiger partial charge in [-0.05, 0) is 6.07 Å². The van der Waals surface area contributed by atoms with Crippen molar-refractivity contribution in [1.29, 1.82) is 0 Å². The molecule has 1 unspecified atom stereocenters. The summed E-state index contributed by atoms with van der Waals surface area (Å²) in [6.07, 6.45) is -0.598. The Bertz CT molecular complexity index is 580. The van der Waals surface area contributed by atoms with Gasteiger partial charge in [0.05, 0.1) is 0 Å². The molecule has 0 aliphatic carbocycles. The third-order valence-electron chi connectivity index (χ3n) is 3.02. The fourth-order valence-corrected chi connectivity index (χ4v) is 2.26. The van der Waals surface area contributed by atoms with E-state index < -0.39 is 6.10 Å². The molecule has 0 radical (unpaired) electrons. The predicted molar refractivity (Wildman–Crippen MR) is 69.8 cm³/mol. The first kappa shape index (κ1) is 11.5. The molecule has 0 aromatic heterocycles. The highest BCUT2D eigenvalue weighted by molar-refractivity contribution is 6.31. The van der Waals surface area contributed by atoms with Crippen molar-refractivity contribution in [3.8, 4) is 0 Å². The Balaban J connectivity index is 1.79. The van der Waals surface area contributed by atoms with Crippen molar-refractivity contribution in [2.45, 2.75) is 12.2 Å². The molecule has 3 heteroatoms. The molecular formula is C15H11ClO2. The van der Waals surface area contributed by atoms with Crippen LogP contribution in [0.5, 0.6) is 0 Å². The lowest BCUT2D eigenvalue weighted by molar-refractivity contribution is 0.0953. The van der Waals surface area contributed by atoms with E-state index in [1.807, 2.05) is 42.5 Å². The van der Waals surface area contributed by atoms with Crippen molar-refractivity contribution >= 4 is 17.4 Å². The number of hydrogen-bond donors (Lipinski definition) is 0. The van der Waals surface area contributed by atoms with Gasteiger partial charge in [0, 0.05) is 16.1 Å². The van der Waals surface area contributed by atoms with Crippen molar-refractivity contribution in [1.82, 2.24) is 0 Å². The van der Waals surface area contributed by atoms with Crippen LogP contribution < -0.4 is 0 Å². The van der Waals surface area contributed by atoms with Gasteiger partial charge in [0.15, 0.2) is 11.9 Å². The Morgan fingerprint density at radius 3 is 2.39 bits per heavy atom. The van der Waals surface area contributed by atoms with Crippen LogP contribution in [0.1, 0.15) is 22.0 Å². The Morgan fingerprint density at radius 2 is 1.67 bits per heavy atom. The minimum Gasteiger partial charge on any atom is -0.356 e. The topological polar surface area (TPSA) is 29.6 Å². The molecule has 2 atom stereocenters. The van der Waals surface area contributed by atoms with E-state index >= 15 is 0 Å². The van der Waals surface area contributed by atoms with E-state index in [4.69, 9.17) is 16.3 Å². The summed E-state index contributed by atoms with van der Waals surface area (Å²) in [5.41, 5.74) is 1.56. The Hall–Kier alpha value is -1.64. The van der Waals surface area contributed by atoms with Gasteiger partial charge in [0.25, 0.3) is 0 Å². The summed E-state index contributed by atoms with van der Waals surface area (Å²) in [5, 5.41) is 0.644. The number of carbonyl (C=O) groups excluding carboxylic acids is 1. The van der Waals surface area contributed by atoms with E-state index in [1.54, 1.807) is 12.1 Å². The first-order valence-electron chi connectivity index (χ1n) is 5.76. The lowest BCUT2D eigenvalue weighted by Crippen LogP contribution is -2.07. The molecular weight excluding hydrogens is 248 g/mol. The molecule has 0 bridgehead atoms. The summed E-state index contributed by atoms with van der Waals surface area (Å²) in [4.78, 5) is 12.1. The SMILES string of the molecule is O=C(c1ccccc1)[C@@H]1OC1c1ccccc1Cl. The van der Waals surface area contributed by atoms with E-state index in [2.05, 4.69) is 0 Å². The number of Topliss-reactive ketones (excluding diaryl/α,β-unsaturated/α-hetero) is 1. The maximum Gasteiger partial charge on any atom is 0.194 e. The molecule has 0 N–H and O–H groups in total. The van der Waals surface area contributed by atoms with Crippen molar-refractivity contribution in [3.05, 3.63) is 70.7 Å². The second-order valence-corrected chi connectivity index (χ2v) is 4.64. The van der Waals surface area contributed by atoms with Crippen LogP contribution >= 0.6 is 11.6 Å². The summed E-state index contributed by atoms with van der Waals surface area (Å²) in [7, 11) is 0. The molecule has 90 valence electrons. The minimum atomic E-state index is -0.396. The molecule has 1 fully saturated rings. The van der Waals surface area contributed by atoms with Crippen LogP contribution in [0.3, 0.4) is 0 Å². The summed E-state index contributed by atoms with van der Waals surface area (Å²) in [6.45, 7) is 0. The molecule has 0 saturated carbocycles. The first-order valence-corrected chi connectivity index (χ1v) is 6.14. The minimum absolute atomic E-state index is 0.0144. The Kier molecular flexibility index (Phi) is 2.90. The molecule has 18 heavy (non-hydrogen) atoms. The van der Waals surface area contributed by atoms with Crippen LogP contribution in [0, 0.1) is 0 Å². The largest absolute Gasteiger partial charge is 0.356 e. The fourth-order valence-electron chi connectivity index (χ4n) is 2.02. The maximum absolute atomic E-state index is 12.1. The lowest BCUT2D eigenvalue weighted by atomic mass is 10.0. The molecule has 2 nitrogen and oxygen atoms in total. The average molecular weight is 259 g/mol. The predicted octanol–water partition coefficient (Wildman–Crippen LogP) is 3.66. The van der Waals surface area contributed by atoms with Crippen LogP contribution in [0.4, 0.5) is 0 Å². The van der Waals surface area contributed by atoms with Crippen LogP contribution in [-0.2, 0) is 4.74 Å². The highest BCUT2D eigenvalue weighted by atomic mass is 35.5. The summed E-state index contributed by atoms with van der Waals surface area (Å²) < 4.78 is 5.47. The molecule has 1 heterocycles. The molecule has 1 aliphatic heterocycles. The molecule has 1 aliphatic rings. The number of hydrogen-bond acceptors (Lipinski definition) is 2. The third kappa shape index (κ3) is 2.05. The van der Waals surface area contributed by atoms with Gasteiger partial charge in [-0.3, -0.25) is 4.79 Å². The zero-order chi connectivity index (χ0) is 12.5. The van der Waals surface area contributed by atoms with Gasteiger partial charge >= 0.3 is 0 Å². The highest BCUT2D eigenvalue weighted by Crippen LogP contribution is 2.43. The van der Waals surface area contributed by atoms with Gasteiger partial charge < -0.3 is 4.74 Å². The third-order valence-corrected chi connectivity index (χ3v) is 3.36. The zero-order valence-electron chi connectivity index (χ0n) is 9.55. The van der Waals surface area contributed by atoms with Crippen LogP contribution in [0.15, 0.2) is 54.6 Å². The molecule has 3 rings (SSSR count). The normalized spacial score (nSPS) is 21.6. The monoisotopic (exact) mass is 258 g/mol. The number of ketones is 1. The second kappa shape index (κ2) is 4.56. The van der Waals surface area contributed by atoms with E-state index in [-0.39, 0.29) is 11.9 Å². The van der Waals surface area contributed by atoms with Gasteiger partial charge in [-0.25, -0.2) is 0 Å². The number of ether oxygens (including phenoxy) is 1. The van der Waals surface area contributed by atoms with Gasteiger partial charge in [0.2, 0.25) is 0 Å². The zero-order valence-corrected chi connectivity index (χ0v) is 10.3. The van der Waals surface area contributed by atoms with E-state index in [1.165, 1.54) is 0 Å². The standard InChI is InChI=1S/C15H11ClO2/c16-12-9-5-4-8-11(12)14-15(18-14)13(17)10-6-2-1-3-7-10/h1-9,14-15H/t14?,15-/m0/s1. The average Bonchev–Trinajstić information content (AvgIpc) is 3.20. The van der Waals surface area contributed by atoms with Crippen molar-refractivity contribution < 1.29 is 9.53 Å². The van der Waals surface area contributed by atoms with Crippen LogP contribution in [0.2, 0.25) is 5.02 Å². The van der Waals surface area contributed by atoms with E-state index in [0.29, 0.717) is 10.6 Å².